The van der Waals surface area contributed by atoms with Gasteiger partial charge in [0.15, 0.2) is 0 Å². The van der Waals surface area contributed by atoms with Crippen molar-refractivity contribution in [3.8, 4) is 0 Å². The van der Waals surface area contributed by atoms with E-state index in [1.165, 1.54) is 0 Å². The van der Waals surface area contributed by atoms with E-state index in [2.05, 4.69) is 26.0 Å². The highest BCUT2D eigenvalue weighted by atomic mass is 127. The molecule has 0 saturated carbocycles. The van der Waals surface area contributed by atoms with Crippen LogP contribution < -0.4 is 0 Å². The van der Waals surface area contributed by atoms with E-state index in [1.807, 2.05) is 39.8 Å². The fraction of sp³-hybridized carbons (Fsp3) is 0.600. The maximum absolute atomic E-state index is 13.1. The molecule has 1 saturated heterocycles. The number of hydrogen-bond acceptors (Lipinski definition) is 3. The molecule has 1 heterocycles. The van der Waals surface area contributed by atoms with Gasteiger partial charge in [-0.15, -0.1) is 0 Å². The number of piperazine rings is 1. The van der Waals surface area contributed by atoms with Crippen LogP contribution in [0.25, 0.3) is 0 Å². The molecule has 2 rings (SSSR count). The Balaban J connectivity index is 2.46. The second kappa shape index (κ2) is 6.14. The molecule has 4 nitrogen and oxygen atoms in total. The van der Waals surface area contributed by atoms with Crippen LogP contribution in [0.1, 0.15) is 33.3 Å². The summed E-state index contributed by atoms with van der Waals surface area (Å²) in [5.74, 6) is 0. The lowest BCUT2D eigenvalue weighted by Gasteiger charge is -2.37. The van der Waals surface area contributed by atoms with Crippen molar-refractivity contribution < 1.29 is 8.42 Å². The molecule has 1 aliphatic heterocycles. The summed E-state index contributed by atoms with van der Waals surface area (Å²) in [6.45, 7) is 10.2. The molecule has 0 radical (unpaired) electrons. The monoisotopic (exact) mass is 422 g/mol. The van der Waals surface area contributed by atoms with Gasteiger partial charge in [0.1, 0.15) is 0 Å². The molecule has 1 aliphatic rings. The van der Waals surface area contributed by atoms with E-state index >= 15 is 0 Å². The maximum Gasteiger partial charge on any atom is 0.243 e. The second-order valence-electron chi connectivity index (χ2n) is 6.58. The summed E-state index contributed by atoms with van der Waals surface area (Å²) in [5, 5.41) is 0. The zero-order valence-corrected chi connectivity index (χ0v) is 16.0. The summed E-state index contributed by atoms with van der Waals surface area (Å²) < 4.78 is 29.9. The lowest BCUT2D eigenvalue weighted by atomic mass is 9.87. The zero-order valence-electron chi connectivity index (χ0n) is 13.0. The third kappa shape index (κ3) is 3.60. The number of hydrogen-bond donors (Lipinski definition) is 0. The number of nitrogens with zero attached hydrogens (tertiary/aromatic N) is 2. The molecule has 0 bridgehead atoms. The van der Waals surface area contributed by atoms with Crippen molar-refractivity contribution in [1.82, 2.24) is 7.42 Å². The van der Waals surface area contributed by atoms with Crippen molar-refractivity contribution in [3.63, 3.8) is 0 Å². The van der Waals surface area contributed by atoms with E-state index in [9.17, 15) is 8.42 Å². The van der Waals surface area contributed by atoms with Crippen molar-refractivity contribution in [3.05, 3.63) is 29.8 Å². The van der Waals surface area contributed by atoms with Crippen LogP contribution in [-0.4, -0.2) is 41.5 Å². The van der Waals surface area contributed by atoms with Crippen molar-refractivity contribution in [2.24, 2.45) is 0 Å². The van der Waals surface area contributed by atoms with Crippen molar-refractivity contribution >= 4 is 32.9 Å². The number of sulfonamides is 1. The first-order valence-corrected chi connectivity index (χ1v) is 9.56. The average Bonchev–Trinajstić information content (AvgIpc) is 2.37. The topological polar surface area (TPSA) is 40.6 Å². The minimum atomic E-state index is -3.45. The van der Waals surface area contributed by atoms with Gasteiger partial charge >= 0.3 is 0 Å². The summed E-state index contributed by atoms with van der Waals surface area (Å²) in [5.41, 5.74) is 0.687. The Morgan fingerprint density at radius 1 is 1.19 bits per heavy atom. The van der Waals surface area contributed by atoms with Crippen LogP contribution in [0.15, 0.2) is 29.2 Å². The molecule has 118 valence electrons. The lowest BCUT2D eigenvalue weighted by molar-refractivity contribution is 0.236. The van der Waals surface area contributed by atoms with Gasteiger partial charge in [0, 0.05) is 48.5 Å². The summed E-state index contributed by atoms with van der Waals surface area (Å²) in [6, 6.07) is 7.37. The molecule has 1 aromatic rings. The number of benzene rings is 1. The molecule has 21 heavy (non-hydrogen) atoms. The molecular formula is C15H23IN2O2S. The predicted molar refractivity (Wildman–Crippen MR) is 94.1 cm³/mol. The fourth-order valence-corrected chi connectivity index (χ4v) is 5.49. The standard InChI is InChI=1S/C15H23IN2O2S/c1-12-11-17(16)9-10-18(12)21(19,20)14-8-6-5-7-13(14)15(2,3)4/h5-8,12H,9-11H2,1-4H3. The molecule has 1 aromatic carbocycles. The zero-order chi connectivity index (χ0) is 15.8. The van der Waals surface area contributed by atoms with E-state index in [0.29, 0.717) is 11.4 Å². The van der Waals surface area contributed by atoms with Crippen LogP contribution in [0, 0.1) is 0 Å². The third-order valence-electron chi connectivity index (χ3n) is 3.80. The molecule has 0 N–H and O–H groups in total. The molecule has 6 heteroatoms. The Morgan fingerprint density at radius 2 is 1.81 bits per heavy atom. The van der Waals surface area contributed by atoms with Crippen LogP contribution in [0.5, 0.6) is 0 Å². The van der Waals surface area contributed by atoms with Crippen LogP contribution in [0.4, 0.5) is 0 Å². The first kappa shape index (κ1) is 17.2. The van der Waals surface area contributed by atoms with E-state index in [1.54, 1.807) is 16.4 Å². The predicted octanol–water partition coefficient (Wildman–Crippen LogP) is 3.03. The SMILES string of the molecule is CC1CN(I)CCN1S(=O)(=O)c1ccccc1C(C)(C)C. The molecule has 0 amide bonds. The molecule has 1 unspecified atom stereocenters. The smallest absolute Gasteiger partial charge is 0.243 e. The average molecular weight is 422 g/mol. The second-order valence-corrected chi connectivity index (χ2v) is 9.80. The minimum Gasteiger partial charge on any atom is -0.245 e. The van der Waals surface area contributed by atoms with E-state index < -0.39 is 10.0 Å². The van der Waals surface area contributed by atoms with Gasteiger partial charge in [0.25, 0.3) is 0 Å². The highest BCUT2D eigenvalue weighted by Gasteiger charge is 2.35. The highest BCUT2D eigenvalue weighted by Crippen LogP contribution is 2.32. The Hall–Kier alpha value is -0.180. The maximum atomic E-state index is 13.1. The summed E-state index contributed by atoms with van der Waals surface area (Å²) >= 11 is 2.26. The van der Waals surface area contributed by atoms with Gasteiger partial charge in [-0.1, -0.05) is 39.0 Å². The molecule has 0 spiro atoms. The van der Waals surface area contributed by atoms with E-state index in [4.69, 9.17) is 0 Å². The fourth-order valence-electron chi connectivity index (χ4n) is 2.69. The van der Waals surface area contributed by atoms with Gasteiger partial charge in [-0.3, -0.25) is 0 Å². The largest absolute Gasteiger partial charge is 0.245 e. The first-order chi connectivity index (χ1) is 9.64. The van der Waals surface area contributed by atoms with Crippen LogP contribution in [0.2, 0.25) is 0 Å². The molecule has 1 atom stereocenters. The van der Waals surface area contributed by atoms with Crippen LogP contribution >= 0.6 is 22.9 Å². The van der Waals surface area contributed by atoms with E-state index in [-0.39, 0.29) is 11.5 Å². The molecular weight excluding hydrogens is 399 g/mol. The van der Waals surface area contributed by atoms with Crippen molar-refractivity contribution in [2.45, 2.75) is 44.0 Å². The summed E-state index contributed by atoms with van der Waals surface area (Å²) in [4.78, 5) is 0.450. The highest BCUT2D eigenvalue weighted by molar-refractivity contribution is 14.1. The van der Waals surface area contributed by atoms with Gasteiger partial charge < -0.3 is 0 Å². The van der Waals surface area contributed by atoms with Crippen molar-refractivity contribution in [2.75, 3.05) is 19.6 Å². The Bertz CT molecular complexity index is 610. The van der Waals surface area contributed by atoms with Gasteiger partial charge in [-0.25, -0.2) is 11.5 Å². The lowest BCUT2D eigenvalue weighted by Crippen LogP contribution is -2.51. The normalized spacial score (nSPS) is 22.4. The van der Waals surface area contributed by atoms with Crippen LogP contribution in [-0.2, 0) is 15.4 Å². The number of halogens is 1. The Morgan fingerprint density at radius 3 is 2.38 bits per heavy atom. The molecule has 0 aromatic heterocycles. The first-order valence-electron chi connectivity index (χ1n) is 7.16. The number of rotatable bonds is 2. The van der Waals surface area contributed by atoms with Gasteiger partial charge in [-0.05, 0) is 24.0 Å². The minimum absolute atomic E-state index is 0.00586. The summed E-state index contributed by atoms with van der Waals surface area (Å²) in [7, 11) is -3.45. The quantitative estimate of drug-likeness (QED) is 0.544. The Kier molecular flexibility index (Phi) is 5.02. The van der Waals surface area contributed by atoms with Crippen LogP contribution in [0.3, 0.4) is 0 Å². The van der Waals surface area contributed by atoms with E-state index in [0.717, 1.165) is 18.7 Å². The molecule has 0 aliphatic carbocycles. The van der Waals surface area contributed by atoms with Gasteiger partial charge in [0.2, 0.25) is 10.0 Å². The third-order valence-corrected chi connectivity index (χ3v) is 6.75. The Labute approximate surface area is 142 Å². The summed E-state index contributed by atoms with van der Waals surface area (Å²) in [6.07, 6.45) is 0. The van der Waals surface area contributed by atoms with Crippen molar-refractivity contribution in [1.29, 1.82) is 0 Å². The van der Waals surface area contributed by atoms with Gasteiger partial charge in [0.05, 0.1) is 4.90 Å². The molecule has 1 fully saturated rings. The van der Waals surface area contributed by atoms with Gasteiger partial charge in [-0.2, -0.15) is 4.31 Å².